The molecule has 0 aliphatic heterocycles. The minimum Gasteiger partial charge on any atom is -0.493 e. The number of carbonyl (C=O) groups is 2. The Morgan fingerprint density at radius 2 is 1.72 bits per heavy atom. The van der Waals surface area contributed by atoms with E-state index in [2.05, 4.69) is 21.2 Å². The first-order valence-corrected chi connectivity index (χ1v) is 9.07. The van der Waals surface area contributed by atoms with Crippen molar-refractivity contribution in [2.75, 3.05) is 33.3 Å². The SMILES string of the molecule is COc1cc(/C=C/C(=O)OCC(=O)Nc2ccc(Br)cc2F)cc(OC)c1OC. The lowest BCUT2D eigenvalue weighted by molar-refractivity contribution is -0.142. The van der Waals surface area contributed by atoms with Gasteiger partial charge < -0.3 is 24.3 Å². The number of hydrogen-bond donors (Lipinski definition) is 1. The van der Waals surface area contributed by atoms with E-state index >= 15 is 0 Å². The molecule has 2 aromatic rings. The van der Waals surface area contributed by atoms with Crippen LogP contribution in [0.3, 0.4) is 0 Å². The van der Waals surface area contributed by atoms with Crippen molar-refractivity contribution in [3.8, 4) is 17.2 Å². The van der Waals surface area contributed by atoms with E-state index in [0.29, 0.717) is 27.3 Å². The Balaban J connectivity index is 1.96. The molecule has 0 spiro atoms. The first kappa shape index (κ1) is 22.2. The molecule has 0 aromatic heterocycles. The molecule has 2 rings (SSSR count). The quantitative estimate of drug-likeness (QED) is 0.469. The van der Waals surface area contributed by atoms with Crippen LogP contribution in [0.25, 0.3) is 6.08 Å². The maximum atomic E-state index is 13.7. The summed E-state index contributed by atoms with van der Waals surface area (Å²) in [5.74, 6) is -0.745. The van der Waals surface area contributed by atoms with Crippen LogP contribution in [-0.4, -0.2) is 39.8 Å². The van der Waals surface area contributed by atoms with Crippen molar-refractivity contribution in [2.24, 2.45) is 0 Å². The summed E-state index contributed by atoms with van der Waals surface area (Å²) in [6.07, 6.45) is 2.62. The van der Waals surface area contributed by atoms with Gasteiger partial charge in [0.25, 0.3) is 5.91 Å². The lowest BCUT2D eigenvalue weighted by atomic mass is 10.1. The molecule has 0 bridgehead atoms. The van der Waals surface area contributed by atoms with Crippen LogP contribution in [0.15, 0.2) is 40.9 Å². The number of rotatable bonds is 8. The monoisotopic (exact) mass is 467 g/mol. The summed E-state index contributed by atoms with van der Waals surface area (Å²) < 4.78 is 34.8. The summed E-state index contributed by atoms with van der Waals surface area (Å²) in [5.41, 5.74) is 0.583. The van der Waals surface area contributed by atoms with Crippen LogP contribution in [0.4, 0.5) is 10.1 Å². The highest BCUT2D eigenvalue weighted by Gasteiger charge is 2.13. The number of amides is 1. The van der Waals surface area contributed by atoms with Crippen molar-refractivity contribution in [1.82, 2.24) is 0 Å². The van der Waals surface area contributed by atoms with Crippen LogP contribution in [-0.2, 0) is 14.3 Å². The van der Waals surface area contributed by atoms with Gasteiger partial charge in [0, 0.05) is 10.5 Å². The highest BCUT2D eigenvalue weighted by Crippen LogP contribution is 2.38. The predicted molar refractivity (Wildman–Crippen MR) is 109 cm³/mol. The Hall–Kier alpha value is -3.07. The molecule has 0 saturated carbocycles. The van der Waals surface area contributed by atoms with Gasteiger partial charge in [-0.1, -0.05) is 15.9 Å². The Morgan fingerprint density at radius 3 is 2.28 bits per heavy atom. The molecule has 0 saturated heterocycles. The maximum absolute atomic E-state index is 13.7. The Labute approximate surface area is 175 Å². The molecule has 0 aliphatic carbocycles. The number of ether oxygens (including phenoxy) is 4. The van der Waals surface area contributed by atoms with Crippen molar-refractivity contribution in [3.63, 3.8) is 0 Å². The molecule has 0 heterocycles. The van der Waals surface area contributed by atoms with Crippen molar-refractivity contribution in [2.45, 2.75) is 0 Å². The van der Waals surface area contributed by atoms with Crippen LogP contribution < -0.4 is 19.5 Å². The fourth-order valence-electron chi connectivity index (χ4n) is 2.32. The van der Waals surface area contributed by atoms with E-state index in [1.165, 1.54) is 39.5 Å². The van der Waals surface area contributed by atoms with E-state index in [1.807, 2.05) is 0 Å². The third-order valence-corrected chi connectivity index (χ3v) is 4.14. The highest BCUT2D eigenvalue weighted by atomic mass is 79.9. The number of nitrogens with one attached hydrogen (secondary N) is 1. The topological polar surface area (TPSA) is 83.1 Å². The lowest BCUT2D eigenvalue weighted by Crippen LogP contribution is -2.20. The predicted octanol–water partition coefficient (Wildman–Crippen LogP) is 3.81. The Kier molecular flexibility index (Phi) is 8.02. The van der Waals surface area contributed by atoms with Gasteiger partial charge in [0.15, 0.2) is 18.1 Å². The zero-order valence-corrected chi connectivity index (χ0v) is 17.5. The highest BCUT2D eigenvalue weighted by molar-refractivity contribution is 9.10. The van der Waals surface area contributed by atoms with Gasteiger partial charge in [-0.2, -0.15) is 0 Å². The van der Waals surface area contributed by atoms with Crippen molar-refractivity contribution >= 4 is 39.6 Å². The first-order chi connectivity index (χ1) is 13.9. The molecule has 9 heteroatoms. The maximum Gasteiger partial charge on any atom is 0.331 e. The Morgan fingerprint density at radius 1 is 1.07 bits per heavy atom. The van der Waals surface area contributed by atoms with E-state index in [1.54, 1.807) is 18.2 Å². The average Bonchev–Trinajstić information content (AvgIpc) is 2.71. The molecule has 0 fully saturated rings. The molecule has 0 radical (unpaired) electrons. The van der Waals surface area contributed by atoms with Gasteiger partial charge in [0.1, 0.15) is 5.82 Å². The second-order valence-corrected chi connectivity index (χ2v) is 6.49. The minimum atomic E-state index is -0.745. The van der Waals surface area contributed by atoms with Crippen LogP contribution >= 0.6 is 15.9 Å². The lowest BCUT2D eigenvalue weighted by Gasteiger charge is -2.12. The standard InChI is InChI=1S/C20H19BrFNO6/c1-26-16-8-12(9-17(27-2)20(16)28-3)4-7-19(25)29-11-18(24)23-15-6-5-13(21)10-14(15)22/h4-10H,11H2,1-3H3,(H,23,24)/b7-4+. The minimum absolute atomic E-state index is 0.0118. The molecule has 0 unspecified atom stereocenters. The van der Waals surface area contributed by atoms with E-state index in [-0.39, 0.29) is 5.69 Å². The summed E-state index contributed by atoms with van der Waals surface area (Å²) in [6.45, 7) is -0.562. The number of anilines is 1. The average molecular weight is 468 g/mol. The summed E-state index contributed by atoms with van der Waals surface area (Å²) in [6, 6.07) is 7.47. The second kappa shape index (κ2) is 10.5. The molecule has 7 nitrogen and oxygen atoms in total. The molecule has 1 amide bonds. The fraction of sp³-hybridized carbons (Fsp3) is 0.200. The largest absolute Gasteiger partial charge is 0.493 e. The van der Waals surface area contributed by atoms with Crippen molar-refractivity contribution < 1.29 is 32.9 Å². The molecule has 0 aliphatic rings. The zero-order chi connectivity index (χ0) is 21.4. The van der Waals surface area contributed by atoms with Gasteiger partial charge in [0.05, 0.1) is 27.0 Å². The molecule has 29 heavy (non-hydrogen) atoms. The van der Waals surface area contributed by atoms with Crippen LogP contribution in [0.5, 0.6) is 17.2 Å². The second-order valence-electron chi connectivity index (χ2n) is 5.57. The van der Waals surface area contributed by atoms with Gasteiger partial charge in [-0.05, 0) is 42.0 Å². The summed E-state index contributed by atoms with van der Waals surface area (Å²) in [5, 5.41) is 2.33. The molecule has 1 N–H and O–H groups in total. The smallest absolute Gasteiger partial charge is 0.331 e. The van der Waals surface area contributed by atoms with Crippen molar-refractivity contribution in [1.29, 1.82) is 0 Å². The zero-order valence-electron chi connectivity index (χ0n) is 16.0. The van der Waals surface area contributed by atoms with Crippen LogP contribution in [0.1, 0.15) is 5.56 Å². The Bertz CT molecular complexity index is 906. The van der Waals surface area contributed by atoms with Gasteiger partial charge in [-0.25, -0.2) is 9.18 Å². The van der Waals surface area contributed by atoms with E-state index in [4.69, 9.17) is 18.9 Å². The van der Waals surface area contributed by atoms with Crippen LogP contribution in [0, 0.1) is 5.82 Å². The van der Waals surface area contributed by atoms with Gasteiger partial charge in [0.2, 0.25) is 5.75 Å². The van der Waals surface area contributed by atoms with E-state index < -0.39 is 24.3 Å². The number of benzene rings is 2. The first-order valence-electron chi connectivity index (χ1n) is 8.27. The van der Waals surface area contributed by atoms with Crippen molar-refractivity contribution in [3.05, 3.63) is 52.3 Å². The van der Waals surface area contributed by atoms with Gasteiger partial charge in [-0.3, -0.25) is 4.79 Å². The number of methoxy groups -OCH3 is 3. The molecular weight excluding hydrogens is 449 g/mol. The van der Waals surface area contributed by atoms with Gasteiger partial charge in [-0.15, -0.1) is 0 Å². The number of carbonyl (C=O) groups excluding carboxylic acids is 2. The third-order valence-electron chi connectivity index (χ3n) is 3.65. The van der Waals surface area contributed by atoms with Crippen LogP contribution in [0.2, 0.25) is 0 Å². The van der Waals surface area contributed by atoms with E-state index in [9.17, 15) is 14.0 Å². The number of hydrogen-bond acceptors (Lipinski definition) is 6. The summed E-state index contributed by atoms with van der Waals surface area (Å²) in [7, 11) is 4.44. The molecule has 154 valence electrons. The number of esters is 1. The molecule has 2 aromatic carbocycles. The van der Waals surface area contributed by atoms with E-state index in [0.717, 1.165) is 6.08 Å². The fourth-order valence-corrected chi connectivity index (χ4v) is 2.66. The van der Waals surface area contributed by atoms with Gasteiger partial charge >= 0.3 is 5.97 Å². The summed E-state index contributed by atoms with van der Waals surface area (Å²) >= 11 is 3.12. The normalized spacial score (nSPS) is 10.5. The molecule has 0 atom stereocenters. The molecular formula is C20H19BrFNO6. The summed E-state index contributed by atoms with van der Waals surface area (Å²) in [4.78, 5) is 23.7. The number of halogens is 2. The third kappa shape index (κ3) is 6.21.